The molecule has 2 aliphatic rings. The van der Waals surface area contributed by atoms with Gasteiger partial charge in [-0.1, -0.05) is 32.1 Å². The van der Waals surface area contributed by atoms with Crippen molar-refractivity contribution in [1.29, 1.82) is 0 Å². The fourth-order valence-corrected chi connectivity index (χ4v) is 3.87. The summed E-state index contributed by atoms with van der Waals surface area (Å²) >= 11 is 0. The molecule has 1 atom stereocenters. The number of nitrogens with one attached hydrogen (secondary N) is 2. The predicted molar refractivity (Wildman–Crippen MR) is 113 cm³/mol. The van der Waals surface area contributed by atoms with Crippen molar-refractivity contribution in [3.63, 3.8) is 0 Å². The molecule has 2 N–H and O–H groups in total. The highest BCUT2D eigenvalue weighted by molar-refractivity contribution is 5.90. The zero-order valence-electron chi connectivity index (χ0n) is 16.8. The highest BCUT2D eigenvalue weighted by Crippen LogP contribution is 2.26. The van der Waals surface area contributed by atoms with Gasteiger partial charge >= 0.3 is 6.03 Å². The van der Waals surface area contributed by atoms with Crippen LogP contribution in [0.5, 0.6) is 0 Å². The highest BCUT2D eigenvalue weighted by Gasteiger charge is 2.25. The molecule has 29 heavy (non-hydrogen) atoms. The molecule has 0 saturated heterocycles. The number of urea groups is 1. The number of rotatable bonds is 4. The van der Waals surface area contributed by atoms with Crippen LogP contribution in [0.1, 0.15) is 37.0 Å². The molecule has 0 saturated carbocycles. The van der Waals surface area contributed by atoms with E-state index >= 15 is 0 Å². The third-order valence-electron chi connectivity index (χ3n) is 5.57. The number of carbonyl (C=O) groups is 2. The van der Waals surface area contributed by atoms with Crippen LogP contribution in [0.25, 0.3) is 5.57 Å². The normalized spacial score (nSPS) is 18.4. The number of ketones is 1. The molecule has 2 aliphatic heterocycles. The Bertz CT molecular complexity index is 925. The molecule has 2 amide bonds. The van der Waals surface area contributed by atoms with Gasteiger partial charge in [-0.3, -0.25) is 9.78 Å². The largest absolute Gasteiger partial charge is 0.322 e. The summed E-state index contributed by atoms with van der Waals surface area (Å²) < 4.78 is 0. The summed E-state index contributed by atoms with van der Waals surface area (Å²) in [5.41, 5.74) is 5.26. The monoisotopic (exact) mass is 390 g/mol. The van der Waals surface area contributed by atoms with Gasteiger partial charge in [-0.2, -0.15) is 0 Å². The van der Waals surface area contributed by atoms with E-state index in [4.69, 9.17) is 0 Å². The topological polar surface area (TPSA) is 74.3 Å². The number of hydrogen-bond donors (Lipinski definition) is 2. The first-order valence-electron chi connectivity index (χ1n) is 10.1. The minimum atomic E-state index is -0.124. The lowest BCUT2D eigenvalue weighted by Gasteiger charge is -2.25. The molecule has 1 unspecified atom stereocenters. The van der Waals surface area contributed by atoms with Crippen LogP contribution in [-0.4, -0.2) is 34.3 Å². The third-order valence-corrected chi connectivity index (χ3v) is 5.57. The summed E-state index contributed by atoms with van der Waals surface area (Å²) in [7, 11) is 0. The molecule has 6 nitrogen and oxygen atoms in total. The van der Waals surface area contributed by atoms with Crippen molar-refractivity contribution in [1.82, 2.24) is 15.2 Å². The molecule has 0 spiro atoms. The Labute approximate surface area is 171 Å². The van der Waals surface area contributed by atoms with Crippen LogP contribution in [0.3, 0.4) is 0 Å². The molecule has 6 heteroatoms. The quantitative estimate of drug-likeness (QED) is 0.837. The number of aromatic nitrogens is 1. The minimum absolute atomic E-state index is 0.0249. The number of carbonyl (C=O) groups excluding carboxylic acids is 2. The van der Waals surface area contributed by atoms with Gasteiger partial charge in [0.05, 0.1) is 6.04 Å². The van der Waals surface area contributed by atoms with Crippen molar-refractivity contribution in [3.8, 4) is 0 Å². The molecule has 4 rings (SSSR count). The Hall–Kier alpha value is -2.99. The highest BCUT2D eigenvalue weighted by atomic mass is 16.2. The maximum absolute atomic E-state index is 12.6. The van der Waals surface area contributed by atoms with Crippen LogP contribution in [0, 0.1) is 5.92 Å². The van der Waals surface area contributed by atoms with Gasteiger partial charge in [-0.05, 0) is 46.9 Å². The minimum Gasteiger partial charge on any atom is -0.316 e. The van der Waals surface area contributed by atoms with Crippen molar-refractivity contribution in [2.45, 2.75) is 39.4 Å². The van der Waals surface area contributed by atoms with Gasteiger partial charge < -0.3 is 15.5 Å². The van der Waals surface area contributed by atoms with E-state index in [2.05, 4.69) is 21.7 Å². The summed E-state index contributed by atoms with van der Waals surface area (Å²) in [4.78, 5) is 30.8. The summed E-state index contributed by atoms with van der Waals surface area (Å²) in [5.74, 6) is 0.276. The van der Waals surface area contributed by atoms with E-state index in [0.29, 0.717) is 26.1 Å². The average molecular weight is 390 g/mol. The summed E-state index contributed by atoms with van der Waals surface area (Å²) in [6.45, 7) is 5.76. The van der Waals surface area contributed by atoms with Crippen molar-refractivity contribution in [2.24, 2.45) is 5.92 Å². The van der Waals surface area contributed by atoms with Gasteiger partial charge in [0.15, 0.2) is 5.78 Å². The molecule has 1 aromatic heterocycles. The van der Waals surface area contributed by atoms with E-state index in [1.165, 1.54) is 5.57 Å². The number of nitrogens with zero attached hydrogens (tertiary/aromatic N) is 2. The Kier molecular flexibility index (Phi) is 5.45. The third kappa shape index (κ3) is 4.22. The van der Waals surface area contributed by atoms with Gasteiger partial charge in [0.2, 0.25) is 0 Å². The number of amides is 2. The van der Waals surface area contributed by atoms with Crippen molar-refractivity contribution in [2.75, 3.05) is 11.9 Å². The predicted octanol–water partition coefficient (Wildman–Crippen LogP) is 3.60. The molecule has 1 aromatic carbocycles. The zero-order valence-corrected chi connectivity index (χ0v) is 16.8. The average Bonchev–Trinajstić information content (AvgIpc) is 3.18. The number of benzene rings is 1. The van der Waals surface area contributed by atoms with E-state index in [-0.39, 0.29) is 23.8 Å². The van der Waals surface area contributed by atoms with Crippen LogP contribution in [0.4, 0.5) is 10.5 Å². The Morgan fingerprint density at radius 2 is 1.90 bits per heavy atom. The van der Waals surface area contributed by atoms with Crippen LogP contribution >= 0.6 is 0 Å². The van der Waals surface area contributed by atoms with E-state index in [1.54, 1.807) is 11.1 Å². The van der Waals surface area contributed by atoms with E-state index in [1.807, 2.05) is 50.4 Å². The van der Waals surface area contributed by atoms with Crippen LogP contribution in [-0.2, 0) is 17.9 Å². The van der Waals surface area contributed by atoms with Crippen molar-refractivity contribution in [3.05, 3.63) is 65.5 Å². The second-order valence-corrected chi connectivity index (χ2v) is 7.96. The molecular formula is C23H26N4O2. The number of fused-ring (bicyclic) bond motifs is 1. The summed E-state index contributed by atoms with van der Waals surface area (Å²) in [5, 5.41) is 6.25. The second kappa shape index (κ2) is 8.17. The lowest BCUT2D eigenvalue weighted by molar-refractivity contribution is -0.123. The van der Waals surface area contributed by atoms with Gasteiger partial charge in [0.25, 0.3) is 0 Å². The first-order valence-corrected chi connectivity index (χ1v) is 10.1. The smallest absolute Gasteiger partial charge is 0.316 e. The number of anilines is 1. The second-order valence-electron chi connectivity index (χ2n) is 7.96. The number of hydrogen-bond acceptors (Lipinski definition) is 4. The Morgan fingerprint density at radius 1 is 1.14 bits per heavy atom. The molecule has 0 radical (unpaired) electrons. The van der Waals surface area contributed by atoms with Crippen molar-refractivity contribution < 1.29 is 9.59 Å². The summed E-state index contributed by atoms with van der Waals surface area (Å²) in [6.07, 6.45) is 6.41. The van der Waals surface area contributed by atoms with E-state index in [9.17, 15) is 9.59 Å². The fourth-order valence-electron chi connectivity index (χ4n) is 3.87. The maximum Gasteiger partial charge on any atom is 0.322 e. The lowest BCUT2D eigenvalue weighted by Crippen LogP contribution is -2.41. The fraction of sp³-hybridized carbons (Fsp3) is 0.348. The first kappa shape index (κ1) is 19.3. The maximum atomic E-state index is 12.6. The van der Waals surface area contributed by atoms with Crippen LogP contribution in [0.15, 0.2) is 48.8 Å². The SMILES string of the molecule is CC(C)C(=O)C1CC(c2ccc(NC(=O)N3Cc4ccncc4C3)cc2)=CCN1. The standard InChI is InChI=1S/C23H26N4O2/c1-15(2)22(28)21-11-17(8-10-25-21)16-3-5-20(6-4-16)26-23(29)27-13-18-7-9-24-12-19(18)14-27/h3-9,12,15,21,25H,10-11,13-14H2,1-2H3,(H,26,29). The Morgan fingerprint density at radius 3 is 2.62 bits per heavy atom. The van der Waals surface area contributed by atoms with Crippen molar-refractivity contribution >= 4 is 23.1 Å². The number of Topliss-reactive ketones (excluding diaryl/α,β-unsaturated/α-hetero) is 1. The van der Waals surface area contributed by atoms with E-state index in [0.717, 1.165) is 22.4 Å². The Balaban J connectivity index is 1.38. The van der Waals surface area contributed by atoms with E-state index < -0.39 is 0 Å². The van der Waals surface area contributed by atoms with Gasteiger partial charge in [-0.25, -0.2) is 4.79 Å². The molecule has 0 bridgehead atoms. The van der Waals surface area contributed by atoms with Gasteiger partial charge in [0, 0.05) is 43.6 Å². The molecule has 3 heterocycles. The van der Waals surface area contributed by atoms with Gasteiger partial charge in [0.1, 0.15) is 0 Å². The van der Waals surface area contributed by atoms with Crippen LogP contribution < -0.4 is 10.6 Å². The number of pyridine rings is 1. The summed E-state index contributed by atoms with van der Waals surface area (Å²) in [6, 6.07) is 9.57. The van der Waals surface area contributed by atoms with Crippen LogP contribution in [0.2, 0.25) is 0 Å². The molecule has 0 fully saturated rings. The van der Waals surface area contributed by atoms with Gasteiger partial charge in [-0.15, -0.1) is 0 Å². The zero-order chi connectivity index (χ0) is 20.4. The molecular weight excluding hydrogens is 364 g/mol. The molecule has 0 aliphatic carbocycles. The molecule has 150 valence electrons. The lowest BCUT2D eigenvalue weighted by atomic mass is 9.90. The molecule has 2 aromatic rings. The first-order chi connectivity index (χ1) is 14.0.